The van der Waals surface area contributed by atoms with Crippen molar-refractivity contribution in [3.05, 3.63) is 46.3 Å². The van der Waals surface area contributed by atoms with E-state index in [1.54, 1.807) is 45.6 Å². The normalized spacial score (nSPS) is 12.9. The maximum atomic E-state index is 12.8. The molecule has 0 bridgehead atoms. The zero-order valence-corrected chi connectivity index (χ0v) is 16.8. The van der Waals surface area contributed by atoms with E-state index in [0.29, 0.717) is 34.7 Å². The molecule has 0 unspecified atom stereocenters. The third kappa shape index (κ3) is 3.65. The van der Waals surface area contributed by atoms with E-state index in [0.717, 1.165) is 17.7 Å². The largest absolute Gasteiger partial charge is 0.459 e. The highest BCUT2D eigenvalue weighted by Crippen LogP contribution is 2.31. The van der Waals surface area contributed by atoms with E-state index in [4.69, 9.17) is 4.74 Å². The highest BCUT2D eigenvalue weighted by Gasteiger charge is 2.25. The number of hydrogen-bond donors (Lipinski definition) is 2. The summed E-state index contributed by atoms with van der Waals surface area (Å²) < 4.78 is 5.27. The molecule has 1 aromatic heterocycles. The van der Waals surface area contributed by atoms with Gasteiger partial charge in [-0.2, -0.15) is 0 Å². The summed E-state index contributed by atoms with van der Waals surface area (Å²) in [6, 6.07) is 5.50. The van der Waals surface area contributed by atoms with E-state index in [1.165, 1.54) is 0 Å². The van der Waals surface area contributed by atoms with Crippen LogP contribution in [0.4, 0.5) is 11.4 Å². The van der Waals surface area contributed by atoms with Gasteiger partial charge < -0.3 is 19.9 Å². The number of nitrogens with zero attached hydrogens (tertiary/aromatic N) is 1. The molecule has 7 heteroatoms. The van der Waals surface area contributed by atoms with Crippen LogP contribution in [0.5, 0.6) is 0 Å². The summed E-state index contributed by atoms with van der Waals surface area (Å²) in [6.07, 6.45) is 0.518. The Kier molecular flexibility index (Phi) is 5.27. The number of hydrogen-bond acceptors (Lipinski definition) is 4. The third-order valence-electron chi connectivity index (χ3n) is 4.82. The number of aromatic nitrogens is 1. The lowest BCUT2D eigenvalue weighted by Crippen LogP contribution is -2.25. The van der Waals surface area contributed by atoms with Gasteiger partial charge >= 0.3 is 5.97 Å². The van der Waals surface area contributed by atoms with Gasteiger partial charge in [-0.3, -0.25) is 9.59 Å². The van der Waals surface area contributed by atoms with E-state index in [-0.39, 0.29) is 17.9 Å². The van der Waals surface area contributed by atoms with Gasteiger partial charge in [-0.1, -0.05) is 0 Å². The highest BCUT2D eigenvalue weighted by atomic mass is 16.5. The number of nitrogens with one attached hydrogen (secondary N) is 2. The molecule has 0 saturated heterocycles. The van der Waals surface area contributed by atoms with E-state index in [2.05, 4.69) is 10.3 Å². The van der Waals surface area contributed by atoms with Crippen molar-refractivity contribution in [1.82, 2.24) is 4.98 Å². The lowest BCUT2D eigenvalue weighted by Gasteiger charge is -2.15. The van der Waals surface area contributed by atoms with Crippen molar-refractivity contribution < 1.29 is 19.1 Å². The molecule has 2 N–H and O–H groups in total. The van der Waals surface area contributed by atoms with Crippen LogP contribution in [0.25, 0.3) is 0 Å². The Hall–Kier alpha value is -3.09. The Labute approximate surface area is 164 Å². The number of carbonyl (C=O) groups excluding carboxylic acids is 3. The molecule has 0 saturated carbocycles. The van der Waals surface area contributed by atoms with Crippen molar-refractivity contribution >= 4 is 29.2 Å². The summed E-state index contributed by atoms with van der Waals surface area (Å²) in [5.74, 6) is -0.762. The minimum Gasteiger partial charge on any atom is -0.459 e. The molecule has 0 aliphatic carbocycles. The third-order valence-corrected chi connectivity index (χ3v) is 4.82. The molecule has 2 amide bonds. The molecule has 1 aliphatic rings. The van der Waals surface area contributed by atoms with E-state index >= 15 is 0 Å². The standard InChI is InChI=1S/C21H25N3O4/c1-11(2)28-21(27)18-12(3)19(22-13(18)4)20(26)23-16-6-7-17-15(10-16)8-9-24(17)14(5)25/h6-7,10-11,22H,8-9H2,1-5H3,(H,23,26). The smallest absolute Gasteiger partial charge is 0.340 e. The molecule has 2 heterocycles. The first-order valence-corrected chi connectivity index (χ1v) is 9.31. The minimum atomic E-state index is -0.442. The average Bonchev–Trinajstić information content (AvgIpc) is 3.14. The molecule has 7 nitrogen and oxygen atoms in total. The lowest BCUT2D eigenvalue weighted by atomic mass is 10.1. The van der Waals surface area contributed by atoms with E-state index in [1.807, 2.05) is 12.1 Å². The Morgan fingerprint density at radius 3 is 2.57 bits per heavy atom. The van der Waals surface area contributed by atoms with Gasteiger partial charge in [-0.25, -0.2) is 4.79 Å². The number of H-pyrrole nitrogens is 1. The van der Waals surface area contributed by atoms with Crippen LogP contribution < -0.4 is 10.2 Å². The molecule has 1 aromatic carbocycles. The second-order valence-corrected chi connectivity index (χ2v) is 7.30. The quantitative estimate of drug-likeness (QED) is 0.792. The summed E-state index contributed by atoms with van der Waals surface area (Å²) in [5.41, 5.74) is 4.43. The molecule has 0 atom stereocenters. The maximum absolute atomic E-state index is 12.8. The Balaban J connectivity index is 1.81. The van der Waals surface area contributed by atoms with Gasteiger partial charge in [0.1, 0.15) is 5.69 Å². The van der Waals surface area contributed by atoms with Crippen LogP contribution in [-0.2, 0) is 16.0 Å². The van der Waals surface area contributed by atoms with Crippen molar-refractivity contribution in [2.75, 3.05) is 16.8 Å². The van der Waals surface area contributed by atoms with Crippen LogP contribution >= 0.6 is 0 Å². The topological polar surface area (TPSA) is 91.5 Å². The lowest BCUT2D eigenvalue weighted by molar-refractivity contribution is -0.116. The van der Waals surface area contributed by atoms with Gasteiger partial charge in [0.05, 0.1) is 11.7 Å². The summed E-state index contributed by atoms with van der Waals surface area (Å²) in [5, 5.41) is 2.87. The fraction of sp³-hybridized carbons (Fsp3) is 0.381. The monoisotopic (exact) mass is 383 g/mol. The van der Waals surface area contributed by atoms with Gasteiger partial charge in [0, 0.05) is 30.5 Å². The first-order valence-electron chi connectivity index (χ1n) is 9.31. The van der Waals surface area contributed by atoms with Crippen molar-refractivity contribution in [3.8, 4) is 0 Å². The SMILES string of the molecule is CC(=O)N1CCc2cc(NC(=O)c3[nH]c(C)c(C(=O)OC(C)C)c3C)ccc21. The second kappa shape index (κ2) is 7.50. The number of anilines is 2. The fourth-order valence-electron chi connectivity index (χ4n) is 3.56. The van der Waals surface area contributed by atoms with Crippen LogP contribution in [0.1, 0.15) is 58.4 Å². The second-order valence-electron chi connectivity index (χ2n) is 7.30. The maximum Gasteiger partial charge on any atom is 0.340 e. The number of ether oxygens (including phenoxy) is 1. The molecule has 0 spiro atoms. The minimum absolute atomic E-state index is 0.00818. The summed E-state index contributed by atoms with van der Waals surface area (Å²) in [7, 11) is 0. The molecular formula is C21H25N3O4. The molecule has 3 rings (SSSR count). The van der Waals surface area contributed by atoms with Gasteiger partial charge in [0.25, 0.3) is 5.91 Å². The first kappa shape index (κ1) is 19.7. The Morgan fingerprint density at radius 1 is 1.21 bits per heavy atom. The van der Waals surface area contributed by atoms with Gasteiger partial charge in [-0.15, -0.1) is 0 Å². The van der Waals surface area contributed by atoms with Crippen LogP contribution in [0.15, 0.2) is 18.2 Å². The van der Waals surface area contributed by atoms with Crippen LogP contribution in [0, 0.1) is 13.8 Å². The number of esters is 1. The zero-order valence-electron chi connectivity index (χ0n) is 16.8. The number of amides is 2. The summed E-state index contributed by atoms with van der Waals surface area (Å²) >= 11 is 0. The Morgan fingerprint density at radius 2 is 1.93 bits per heavy atom. The number of aryl methyl sites for hydroxylation is 1. The number of carbonyl (C=O) groups is 3. The summed E-state index contributed by atoms with van der Waals surface area (Å²) in [6.45, 7) is 9.23. The van der Waals surface area contributed by atoms with Crippen molar-refractivity contribution in [1.29, 1.82) is 0 Å². The van der Waals surface area contributed by atoms with Crippen LogP contribution in [0.3, 0.4) is 0 Å². The molecule has 148 valence electrons. The number of rotatable bonds is 4. The van der Waals surface area contributed by atoms with Crippen molar-refractivity contribution in [2.45, 2.75) is 47.1 Å². The zero-order chi connectivity index (χ0) is 20.6. The summed E-state index contributed by atoms with van der Waals surface area (Å²) in [4.78, 5) is 41.4. The highest BCUT2D eigenvalue weighted by molar-refractivity contribution is 6.07. The molecule has 28 heavy (non-hydrogen) atoms. The molecule has 0 radical (unpaired) electrons. The van der Waals surface area contributed by atoms with Crippen molar-refractivity contribution in [2.24, 2.45) is 0 Å². The average molecular weight is 383 g/mol. The molecule has 0 fully saturated rings. The Bertz CT molecular complexity index is 959. The number of fused-ring (bicyclic) bond motifs is 1. The number of aromatic amines is 1. The van der Waals surface area contributed by atoms with E-state index in [9.17, 15) is 14.4 Å². The van der Waals surface area contributed by atoms with Crippen molar-refractivity contribution in [3.63, 3.8) is 0 Å². The van der Waals surface area contributed by atoms with Crippen LogP contribution in [0.2, 0.25) is 0 Å². The molecule has 2 aromatic rings. The molecular weight excluding hydrogens is 358 g/mol. The van der Waals surface area contributed by atoms with E-state index < -0.39 is 5.97 Å². The first-order chi connectivity index (χ1) is 13.2. The number of benzene rings is 1. The predicted octanol–water partition coefficient (Wildman–Crippen LogP) is 3.36. The molecule has 1 aliphatic heterocycles. The fourth-order valence-corrected chi connectivity index (χ4v) is 3.56. The van der Waals surface area contributed by atoms with Gasteiger partial charge in [0.2, 0.25) is 5.91 Å². The van der Waals surface area contributed by atoms with Gasteiger partial charge in [0.15, 0.2) is 0 Å². The van der Waals surface area contributed by atoms with Crippen LogP contribution in [-0.4, -0.2) is 35.4 Å². The predicted molar refractivity (Wildman–Crippen MR) is 107 cm³/mol. The van der Waals surface area contributed by atoms with Gasteiger partial charge in [-0.05, 0) is 63.4 Å².